The molecule has 0 aromatic carbocycles. The van der Waals surface area contributed by atoms with E-state index in [9.17, 15) is 9.90 Å². The Kier molecular flexibility index (Phi) is 1.84. The molecular weight excluding hydrogens is 230 g/mol. The maximum Gasteiger partial charge on any atom is 0.329 e. The van der Waals surface area contributed by atoms with Gasteiger partial charge in [0.1, 0.15) is 17.7 Å². The Balaban J connectivity index is 1.73. The maximum absolute atomic E-state index is 11.4. The van der Waals surface area contributed by atoms with Crippen LogP contribution in [0, 0.1) is 11.8 Å². The first-order valence-corrected chi connectivity index (χ1v) is 6.53. The summed E-state index contributed by atoms with van der Waals surface area (Å²) >= 11 is 0. The first kappa shape index (κ1) is 10.3. The van der Waals surface area contributed by atoms with E-state index in [0.717, 1.165) is 12.2 Å². The van der Waals surface area contributed by atoms with Gasteiger partial charge in [-0.3, -0.25) is 0 Å². The van der Waals surface area contributed by atoms with Crippen molar-refractivity contribution in [2.45, 2.75) is 37.1 Å². The molecule has 1 aromatic heterocycles. The van der Waals surface area contributed by atoms with Gasteiger partial charge in [-0.05, 0) is 37.5 Å². The van der Waals surface area contributed by atoms with Crippen molar-refractivity contribution >= 4 is 5.97 Å². The van der Waals surface area contributed by atoms with E-state index in [1.807, 2.05) is 4.57 Å². The lowest BCUT2D eigenvalue weighted by atomic mass is 9.92. The molecule has 5 heteroatoms. The summed E-state index contributed by atoms with van der Waals surface area (Å²) in [6.45, 7) is 0. The number of rotatable bonds is 3. The van der Waals surface area contributed by atoms with Crippen LogP contribution in [0.4, 0.5) is 0 Å². The van der Waals surface area contributed by atoms with Crippen molar-refractivity contribution in [3.05, 3.63) is 24.3 Å². The molecule has 0 radical (unpaired) electrons. The number of hydrogen-bond donors (Lipinski definition) is 1. The van der Waals surface area contributed by atoms with Crippen molar-refractivity contribution in [2.75, 3.05) is 0 Å². The Morgan fingerprint density at radius 3 is 2.78 bits per heavy atom. The number of aliphatic carboxylic acids is 1. The molecule has 18 heavy (non-hydrogen) atoms. The van der Waals surface area contributed by atoms with Crippen molar-refractivity contribution in [3.63, 3.8) is 0 Å². The Hall–Kier alpha value is -1.65. The van der Waals surface area contributed by atoms with Crippen LogP contribution in [0.5, 0.6) is 0 Å². The summed E-state index contributed by atoms with van der Waals surface area (Å²) in [7, 11) is 0. The molecule has 2 saturated carbocycles. The SMILES string of the molecule is O=C(O)C1(n2cnnc2C2CC3C=CC2C3)CC1. The molecule has 2 bridgehead atoms. The monoisotopic (exact) mass is 245 g/mol. The Morgan fingerprint density at radius 2 is 2.22 bits per heavy atom. The third-order valence-corrected chi connectivity index (χ3v) is 4.77. The number of carboxylic acid groups (broad SMARTS) is 1. The number of nitrogens with zero attached hydrogens (tertiary/aromatic N) is 3. The molecule has 3 aliphatic carbocycles. The Bertz CT molecular complexity index is 544. The molecule has 3 unspecified atom stereocenters. The Labute approximate surface area is 105 Å². The summed E-state index contributed by atoms with van der Waals surface area (Å²) in [5.41, 5.74) is -0.746. The quantitative estimate of drug-likeness (QED) is 0.820. The van der Waals surface area contributed by atoms with Gasteiger partial charge in [0.2, 0.25) is 0 Å². The van der Waals surface area contributed by atoms with Gasteiger partial charge in [0.15, 0.2) is 0 Å². The molecule has 5 nitrogen and oxygen atoms in total. The number of hydrogen-bond acceptors (Lipinski definition) is 3. The number of carboxylic acids is 1. The molecule has 0 spiro atoms. The smallest absolute Gasteiger partial charge is 0.329 e. The van der Waals surface area contributed by atoms with Gasteiger partial charge in [0, 0.05) is 5.92 Å². The lowest BCUT2D eigenvalue weighted by molar-refractivity contribution is -0.142. The predicted octanol–water partition coefficient (Wildman–Crippen LogP) is 1.53. The van der Waals surface area contributed by atoms with Crippen LogP contribution in [-0.4, -0.2) is 25.8 Å². The molecule has 4 rings (SSSR count). The summed E-state index contributed by atoms with van der Waals surface area (Å²) in [5, 5.41) is 17.6. The number of allylic oxidation sites excluding steroid dienone is 2. The molecule has 94 valence electrons. The minimum atomic E-state index is -0.748. The first-order chi connectivity index (χ1) is 8.71. The highest BCUT2D eigenvalue weighted by Gasteiger charge is 2.54. The van der Waals surface area contributed by atoms with Crippen LogP contribution in [0.1, 0.15) is 37.4 Å². The Morgan fingerprint density at radius 1 is 1.39 bits per heavy atom. The average Bonchev–Trinajstić information content (AvgIpc) is 2.79. The van der Waals surface area contributed by atoms with Crippen LogP contribution < -0.4 is 0 Å². The number of fused-ring (bicyclic) bond motifs is 2. The summed E-state index contributed by atoms with van der Waals surface area (Å²) < 4.78 is 1.83. The molecule has 0 aliphatic heterocycles. The summed E-state index contributed by atoms with van der Waals surface area (Å²) in [4.78, 5) is 11.4. The van der Waals surface area contributed by atoms with E-state index in [1.165, 1.54) is 6.42 Å². The third-order valence-electron chi connectivity index (χ3n) is 4.77. The van der Waals surface area contributed by atoms with Gasteiger partial charge >= 0.3 is 5.97 Å². The summed E-state index contributed by atoms with van der Waals surface area (Å²) in [6.07, 6.45) is 9.83. The van der Waals surface area contributed by atoms with Gasteiger partial charge < -0.3 is 9.67 Å². The fourth-order valence-electron chi connectivity index (χ4n) is 3.58. The maximum atomic E-state index is 11.4. The lowest BCUT2D eigenvalue weighted by Gasteiger charge is -2.21. The summed E-state index contributed by atoms with van der Waals surface area (Å²) in [5.74, 6) is 1.68. The van der Waals surface area contributed by atoms with Crippen LogP contribution in [-0.2, 0) is 10.3 Å². The van der Waals surface area contributed by atoms with Crippen LogP contribution in [0.2, 0.25) is 0 Å². The fourth-order valence-corrected chi connectivity index (χ4v) is 3.58. The van der Waals surface area contributed by atoms with Gasteiger partial charge in [-0.2, -0.15) is 0 Å². The predicted molar refractivity (Wildman–Crippen MR) is 63.0 cm³/mol. The number of aromatic nitrogens is 3. The normalized spacial score (nSPS) is 35.0. The molecule has 3 atom stereocenters. The van der Waals surface area contributed by atoms with E-state index in [0.29, 0.717) is 30.6 Å². The molecule has 1 N–H and O–H groups in total. The van der Waals surface area contributed by atoms with E-state index in [2.05, 4.69) is 22.3 Å². The minimum absolute atomic E-state index is 0.360. The van der Waals surface area contributed by atoms with Crippen molar-refractivity contribution in [3.8, 4) is 0 Å². The highest BCUT2D eigenvalue weighted by atomic mass is 16.4. The van der Waals surface area contributed by atoms with Crippen LogP contribution in [0.25, 0.3) is 0 Å². The highest BCUT2D eigenvalue weighted by molar-refractivity contribution is 5.80. The zero-order chi connectivity index (χ0) is 12.3. The van der Waals surface area contributed by atoms with Crippen molar-refractivity contribution in [1.29, 1.82) is 0 Å². The van der Waals surface area contributed by atoms with E-state index < -0.39 is 11.5 Å². The van der Waals surface area contributed by atoms with E-state index >= 15 is 0 Å². The summed E-state index contributed by atoms with van der Waals surface area (Å²) in [6, 6.07) is 0. The van der Waals surface area contributed by atoms with E-state index in [-0.39, 0.29) is 0 Å². The van der Waals surface area contributed by atoms with Crippen molar-refractivity contribution in [1.82, 2.24) is 14.8 Å². The van der Waals surface area contributed by atoms with Crippen molar-refractivity contribution < 1.29 is 9.90 Å². The van der Waals surface area contributed by atoms with Gasteiger partial charge in [-0.25, -0.2) is 4.79 Å². The van der Waals surface area contributed by atoms with Crippen LogP contribution in [0.15, 0.2) is 18.5 Å². The third kappa shape index (κ3) is 1.19. The minimum Gasteiger partial charge on any atom is -0.479 e. The average molecular weight is 245 g/mol. The second-order valence-corrected chi connectivity index (χ2v) is 5.78. The largest absolute Gasteiger partial charge is 0.479 e. The van der Waals surface area contributed by atoms with Gasteiger partial charge in [0.05, 0.1) is 0 Å². The molecule has 1 aromatic rings. The zero-order valence-corrected chi connectivity index (χ0v) is 9.99. The van der Waals surface area contributed by atoms with Crippen LogP contribution in [0.3, 0.4) is 0 Å². The molecule has 2 fully saturated rings. The zero-order valence-electron chi connectivity index (χ0n) is 9.99. The molecule has 1 heterocycles. The lowest BCUT2D eigenvalue weighted by Crippen LogP contribution is -2.30. The van der Waals surface area contributed by atoms with Crippen LogP contribution >= 0.6 is 0 Å². The molecular formula is C13H15N3O2. The fraction of sp³-hybridized carbons (Fsp3) is 0.615. The van der Waals surface area contributed by atoms with Gasteiger partial charge in [-0.1, -0.05) is 12.2 Å². The second-order valence-electron chi connectivity index (χ2n) is 5.78. The highest BCUT2D eigenvalue weighted by Crippen LogP contribution is 2.51. The van der Waals surface area contributed by atoms with E-state index in [1.54, 1.807) is 6.33 Å². The topological polar surface area (TPSA) is 68.0 Å². The van der Waals surface area contributed by atoms with Crippen molar-refractivity contribution in [2.24, 2.45) is 11.8 Å². The van der Waals surface area contributed by atoms with Gasteiger partial charge in [0.25, 0.3) is 0 Å². The molecule has 0 saturated heterocycles. The number of carbonyl (C=O) groups is 1. The van der Waals surface area contributed by atoms with Gasteiger partial charge in [-0.15, -0.1) is 10.2 Å². The molecule has 0 amide bonds. The standard InChI is InChI=1S/C13H15N3O2/c17-12(18)13(3-4-13)16-7-14-15-11(16)10-6-8-1-2-9(10)5-8/h1-2,7-10H,3-6H2,(H,17,18). The van der Waals surface area contributed by atoms with E-state index in [4.69, 9.17) is 0 Å². The second kappa shape index (κ2) is 3.22. The first-order valence-electron chi connectivity index (χ1n) is 6.53. The molecule has 3 aliphatic rings.